The first-order chi connectivity index (χ1) is 14.5. The molecule has 0 aliphatic heterocycles. The largest absolute Gasteiger partial charge is 0.465 e. The molecular formula is C23H22N4O3. The van der Waals surface area contributed by atoms with Crippen molar-refractivity contribution in [2.24, 2.45) is 0 Å². The number of amides is 1. The second-order valence-electron chi connectivity index (χ2n) is 7.09. The zero-order chi connectivity index (χ0) is 21.1. The van der Waals surface area contributed by atoms with Crippen LogP contribution in [0.15, 0.2) is 70.3 Å². The Kier molecular flexibility index (Phi) is 5.34. The van der Waals surface area contributed by atoms with E-state index < -0.39 is 0 Å². The van der Waals surface area contributed by atoms with Crippen LogP contribution in [0.2, 0.25) is 0 Å². The predicted octanol–water partition coefficient (Wildman–Crippen LogP) is 3.20. The Hall–Kier alpha value is -3.87. The molecule has 1 N–H and O–H groups in total. The lowest BCUT2D eigenvalue weighted by Crippen LogP contribution is -2.30. The van der Waals surface area contributed by atoms with Crippen LogP contribution in [0.4, 0.5) is 0 Å². The number of fused-ring (bicyclic) bond motifs is 1. The van der Waals surface area contributed by atoms with Gasteiger partial charge in [-0.1, -0.05) is 12.1 Å². The number of nitrogens with zero attached hydrogens (tertiary/aromatic N) is 3. The predicted molar refractivity (Wildman–Crippen MR) is 115 cm³/mol. The lowest BCUT2D eigenvalue weighted by molar-refractivity contribution is -0.116. The molecule has 3 heterocycles. The van der Waals surface area contributed by atoms with Crippen molar-refractivity contribution in [1.82, 2.24) is 19.5 Å². The molecule has 0 fully saturated rings. The van der Waals surface area contributed by atoms with Crippen molar-refractivity contribution in [3.05, 3.63) is 88.4 Å². The highest BCUT2D eigenvalue weighted by Crippen LogP contribution is 2.21. The number of aryl methyl sites for hydroxylation is 2. The van der Waals surface area contributed by atoms with Crippen LogP contribution in [-0.4, -0.2) is 26.6 Å². The minimum atomic E-state index is -0.248. The van der Waals surface area contributed by atoms with E-state index in [4.69, 9.17) is 4.42 Å². The van der Waals surface area contributed by atoms with E-state index in [0.717, 1.165) is 11.3 Å². The third-order valence-electron chi connectivity index (χ3n) is 5.00. The van der Waals surface area contributed by atoms with E-state index in [1.165, 1.54) is 17.2 Å². The summed E-state index contributed by atoms with van der Waals surface area (Å²) in [7, 11) is 0. The number of aromatic nitrogens is 3. The van der Waals surface area contributed by atoms with Gasteiger partial charge in [-0.25, -0.2) is 4.52 Å². The van der Waals surface area contributed by atoms with Gasteiger partial charge in [0.1, 0.15) is 11.3 Å². The minimum absolute atomic E-state index is 0.152. The highest BCUT2D eigenvalue weighted by atomic mass is 16.3. The molecule has 0 aliphatic carbocycles. The van der Waals surface area contributed by atoms with Gasteiger partial charge in [0.15, 0.2) is 0 Å². The number of carbonyl (C=O) groups is 1. The summed E-state index contributed by atoms with van der Waals surface area (Å²) < 4.78 is 8.30. The van der Waals surface area contributed by atoms with Crippen LogP contribution in [0, 0.1) is 13.8 Å². The Balaban J connectivity index is 1.46. The highest BCUT2D eigenvalue weighted by Gasteiger charge is 2.10. The molecule has 1 amide bonds. The second-order valence-corrected chi connectivity index (χ2v) is 7.09. The van der Waals surface area contributed by atoms with E-state index in [1.54, 1.807) is 52.0 Å². The smallest absolute Gasteiger partial charge is 0.276 e. The maximum absolute atomic E-state index is 12.8. The van der Waals surface area contributed by atoms with Crippen molar-refractivity contribution in [3.63, 3.8) is 0 Å². The van der Waals surface area contributed by atoms with Crippen molar-refractivity contribution in [3.8, 4) is 11.3 Å². The van der Waals surface area contributed by atoms with Crippen LogP contribution in [0.1, 0.15) is 16.9 Å². The average Bonchev–Trinajstić information content (AvgIpc) is 3.40. The monoisotopic (exact) mass is 402 g/mol. The van der Waals surface area contributed by atoms with Crippen molar-refractivity contribution in [2.45, 2.75) is 20.4 Å². The quantitative estimate of drug-likeness (QED) is 0.502. The molecule has 0 saturated heterocycles. The maximum atomic E-state index is 12.8. The molecule has 0 aliphatic rings. The highest BCUT2D eigenvalue weighted by molar-refractivity contribution is 5.91. The van der Waals surface area contributed by atoms with Gasteiger partial charge in [0, 0.05) is 37.1 Å². The molecular weight excluding hydrogens is 380 g/mol. The molecule has 7 heteroatoms. The third kappa shape index (κ3) is 4.10. The summed E-state index contributed by atoms with van der Waals surface area (Å²) in [6.45, 7) is 4.81. The molecule has 1 aromatic carbocycles. The summed E-state index contributed by atoms with van der Waals surface area (Å²) in [6, 6.07) is 11.4. The Morgan fingerprint density at radius 2 is 2.03 bits per heavy atom. The van der Waals surface area contributed by atoms with Crippen molar-refractivity contribution < 1.29 is 9.21 Å². The van der Waals surface area contributed by atoms with Crippen molar-refractivity contribution in [1.29, 1.82) is 0 Å². The normalized spacial score (nSPS) is 11.4. The van der Waals surface area contributed by atoms with E-state index in [1.807, 2.05) is 6.07 Å². The molecule has 0 spiro atoms. The van der Waals surface area contributed by atoms with Crippen LogP contribution < -0.4 is 10.9 Å². The summed E-state index contributed by atoms with van der Waals surface area (Å²) in [5.74, 6) is 0.356. The first-order valence-corrected chi connectivity index (χ1v) is 9.67. The fourth-order valence-electron chi connectivity index (χ4n) is 3.15. The van der Waals surface area contributed by atoms with Crippen LogP contribution in [0.5, 0.6) is 0 Å². The van der Waals surface area contributed by atoms with Gasteiger partial charge in [0.2, 0.25) is 5.91 Å². The van der Waals surface area contributed by atoms with Crippen molar-refractivity contribution >= 4 is 17.5 Å². The van der Waals surface area contributed by atoms with Crippen LogP contribution in [0.3, 0.4) is 0 Å². The van der Waals surface area contributed by atoms with Gasteiger partial charge in [0.25, 0.3) is 5.56 Å². The standard InChI is InChI=1S/C23H22N4O3/c1-16-5-6-18(14-17(16)2)20-15-21-23(29)26(11-12-27(21)25-20)10-9-24-22(28)8-7-19-4-3-13-30-19/h3-8,11-15H,9-10H2,1-2H3,(H,24,28)/b8-7+. The topological polar surface area (TPSA) is 81.5 Å². The maximum Gasteiger partial charge on any atom is 0.276 e. The average molecular weight is 402 g/mol. The molecule has 3 aromatic heterocycles. The lowest BCUT2D eigenvalue weighted by Gasteiger charge is -2.06. The first-order valence-electron chi connectivity index (χ1n) is 9.67. The SMILES string of the molecule is Cc1ccc(-c2cc3c(=O)n(CCNC(=O)/C=C/c4ccco4)ccn3n2)cc1C. The van der Waals surface area contributed by atoms with Gasteiger partial charge in [0.05, 0.1) is 12.0 Å². The molecule has 4 aromatic rings. The molecule has 0 atom stereocenters. The molecule has 0 bridgehead atoms. The molecule has 0 radical (unpaired) electrons. The van der Waals surface area contributed by atoms with Crippen LogP contribution in [0.25, 0.3) is 22.9 Å². The summed E-state index contributed by atoms with van der Waals surface area (Å²) in [5.41, 5.74) is 4.47. The molecule has 30 heavy (non-hydrogen) atoms. The number of furan rings is 1. The number of rotatable bonds is 6. The summed E-state index contributed by atoms with van der Waals surface area (Å²) in [5, 5.41) is 7.29. The van der Waals surface area contributed by atoms with E-state index in [2.05, 4.69) is 36.4 Å². The number of benzene rings is 1. The number of nitrogens with one attached hydrogen (secondary N) is 1. The van der Waals surface area contributed by atoms with Crippen LogP contribution >= 0.6 is 0 Å². The van der Waals surface area contributed by atoms with E-state index in [9.17, 15) is 9.59 Å². The Morgan fingerprint density at radius 3 is 2.80 bits per heavy atom. The van der Waals surface area contributed by atoms with Crippen LogP contribution in [-0.2, 0) is 11.3 Å². The van der Waals surface area contributed by atoms with Gasteiger partial charge in [-0.15, -0.1) is 0 Å². The van der Waals surface area contributed by atoms with Gasteiger partial charge in [-0.2, -0.15) is 5.10 Å². The number of hydrogen-bond donors (Lipinski definition) is 1. The van der Waals surface area contributed by atoms with E-state index in [-0.39, 0.29) is 11.5 Å². The molecule has 7 nitrogen and oxygen atoms in total. The molecule has 4 rings (SSSR count). The number of carbonyl (C=O) groups excluding carboxylic acids is 1. The van der Waals surface area contributed by atoms with Crippen molar-refractivity contribution in [2.75, 3.05) is 6.54 Å². The summed E-state index contributed by atoms with van der Waals surface area (Å²) >= 11 is 0. The Bertz CT molecular complexity index is 1280. The molecule has 152 valence electrons. The van der Waals surface area contributed by atoms with Gasteiger partial charge < -0.3 is 14.3 Å². The first kappa shape index (κ1) is 19.4. The van der Waals surface area contributed by atoms with Gasteiger partial charge in [-0.05, 0) is 55.3 Å². The summed E-state index contributed by atoms with van der Waals surface area (Å²) in [4.78, 5) is 24.7. The summed E-state index contributed by atoms with van der Waals surface area (Å²) in [6.07, 6.45) is 7.96. The lowest BCUT2D eigenvalue weighted by atomic mass is 10.0. The fraction of sp³-hybridized carbons (Fsp3) is 0.174. The van der Waals surface area contributed by atoms with Gasteiger partial charge in [-0.3, -0.25) is 9.59 Å². The zero-order valence-corrected chi connectivity index (χ0v) is 16.8. The minimum Gasteiger partial charge on any atom is -0.465 e. The number of hydrogen-bond acceptors (Lipinski definition) is 4. The van der Waals surface area contributed by atoms with E-state index >= 15 is 0 Å². The Labute approximate surface area is 173 Å². The zero-order valence-electron chi connectivity index (χ0n) is 16.8. The van der Waals surface area contributed by atoms with Gasteiger partial charge >= 0.3 is 0 Å². The molecule has 0 unspecified atom stereocenters. The van der Waals surface area contributed by atoms with E-state index in [0.29, 0.717) is 24.4 Å². The second kappa shape index (κ2) is 8.24. The molecule has 0 saturated carbocycles. The third-order valence-corrected chi connectivity index (χ3v) is 5.00. The Morgan fingerprint density at radius 1 is 1.17 bits per heavy atom. The fourth-order valence-corrected chi connectivity index (χ4v) is 3.15.